The van der Waals surface area contributed by atoms with Crippen molar-refractivity contribution in [1.29, 1.82) is 5.26 Å². The van der Waals surface area contributed by atoms with Gasteiger partial charge >= 0.3 is 0 Å². The highest BCUT2D eigenvalue weighted by Crippen LogP contribution is 2.26. The molecule has 6 nitrogen and oxygen atoms in total. The molecule has 0 saturated carbocycles. The zero-order valence-electron chi connectivity index (χ0n) is 9.42. The second kappa shape index (κ2) is 5.33. The normalized spacial score (nSPS) is 9.94. The van der Waals surface area contributed by atoms with Crippen LogP contribution in [0.3, 0.4) is 0 Å². The van der Waals surface area contributed by atoms with E-state index in [1.165, 1.54) is 0 Å². The number of H-pyrrole nitrogens is 1. The van der Waals surface area contributed by atoms with Crippen LogP contribution < -0.4 is 5.43 Å². The van der Waals surface area contributed by atoms with E-state index in [9.17, 15) is 5.11 Å². The number of aromatic amines is 1. The molecule has 0 saturated heterocycles. The van der Waals surface area contributed by atoms with Gasteiger partial charge in [0.1, 0.15) is 5.75 Å². The Balaban J connectivity index is 2.38. The van der Waals surface area contributed by atoms with Crippen LogP contribution in [-0.4, -0.2) is 26.5 Å². The molecule has 0 radical (unpaired) electrons. The molecule has 18 heavy (non-hydrogen) atoms. The van der Waals surface area contributed by atoms with Crippen molar-refractivity contribution in [1.82, 2.24) is 14.9 Å². The van der Waals surface area contributed by atoms with Gasteiger partial charge < -0.3 is 10.5 Å². The van der Waals surface area contributed by atoms with Crippen LogP contribution in [-0.2, 0) is 0 Å². The van der Waals surface area contributed by atoms with E-state index in [0.29, 0.717) is 29.1 Å². The van der Waals surface area contributed by atoms with Crippen LogP contribution in [0.1, 0.15) is 6.42 Å². The van der Waals surface area contributed by atoms with Gasteiger partial charge in [0, 0.05) is 6.54 Å². The molecule has 1 heterocycles. The molecule has 0 aliphatic heterocycles. The highest BCUT2D eigenvalue weighted by atomic mass is 32.1. The van der Waals surface area contributed by atoms with Gasteiger partial charge in [0.15, 0.2) is 5.82 Å². The minimum atomic E-state index is 0.120. The lowest BCUT2D eigenvalue weighted by Gasteiger charge is -2.09. The van der Waals surface area contributed by atoms with Crippen LogP contribution in [0, 0.1) is 16.1 Å². The van der Waals surface area contributed by atoms with Gasteiger partial charge in [-0.3, -0.25) is 0 Å². The van der Waals surface area contributed by atoms with Crippen molar-refractivity contribution < 1.29 is 5.11 Å². The van der Waals surface area contributed by atoms with Crippen molar-refractivity contribution in [2.75, 3.05) is 12.0 Å². The van der Waals surface area contributed by atoms with E-state index in [1.54, 1.807) is 28.9 Å². The summed E-state index contributed by atoms with van der Waals surface area (Å²) in [4.78, 5) is 0. The van der Waals surface area contributed by atoms with Crippen LogP contribution in [0.5, 0.6) is 5.75 Å². The molecule has 92 valence electrons. The molecule has 0 spiro atoms. The van der Waals surface area contributed by atoms with E-state index in [2.05, 4.69) is 15.6 Å². The molecule has 7 heteroatoms. The number of aromatic hydroxyl groups is 1. The summed E-state index contributed by atoms with van der Waals surface area (Å²) in [7, 11) is 0. The second-order valence-electron chi connectivity index (χ2n) is 3.52. The molecular weight excluding hydrogens is 250 g/mol. The molecule has 0 unspecified atom stereocenters. The molecule has 2 rings (SSSR count). The summed E-state index contributed by atoms with van der Waals surface area (Å²) < 4.78 is 1.92. The Morgan fingerprint density at radius 2 is 2.28 bits per heavy atom. The average molecular weight is 261 g/mol. The number of nitrogens with zero attached hydrogens (tertiary/aromatic N) is 3. The first-order valence-electron chi connectivity index (χ1n) is 5.30. The first kappa shape index (κ1) is 12.1. The third-order valence-corrected chi connectivity index (χ3v) is 2.60. The number of benzene rings is 1. The van der Waals surface area contributed by atoms with Crippen LogP contribution in [0.2, 0.25) is 0 Å². The van der Waals surface area contributed by atoms with Gasteiger partial charge in [-0.1, -0.05) is 12.1 Å². The largest absolute Gasteiger partial charge is 0.507 e. The Morgan fingerprint density at radius 1 is 1.50 bits per heavy atom. The van der Waals surface area contributed by atoms with Crippen molar-refractivity contribution in [3.63, 3.8) is 0 Å². The average Bonchev–Trinajstić information content (AvgIpc) is 2.72. The Hall–Kier alpha value is -2.33. The number of nitriles is 1. The summed E-state index contributed by atoms with van der Waals surface area (Å²) >= 11 is 5.08. The van der Waals surface area contributed by atoms with Crippen molar-refractivity contribution in [3.8, 4) is 23.2 Å². The fourth-order valence-corrected chi connectivity index (χ4v) is 1.71. The molecule has 0 aliphatic rings. The van der Waals surface area contributed by atoms with Gasteiger partial charge in [0.2, 0.25) is 4.77 Å². The molecule has 0 aliphatic carbocycles. The maximum Gasteiger partial charge on any atom is 0.214 e. The summed E-state index contributed by atoms with van der Waals surface area (Å²) in [6.45, 7) is 0.449. The molecular formula is C11H11N5OS. The number of hydrogen-bond donors (Lipinski definition) is 3. The zero-order valence-corrected chi connectivity index (χ0v) is 10.2. The maximum absolute atomic E-state index is 9.79. The number of nitrogens with one attached hydrogen (secondary N) is 2. The van der Waals surface area contributed by atoms with Crippen molar-refractivity contribution in [2.24, 2.45) is 0 Å². The standard InChI is InChI=1S/C11H11N5OS/c12-6-3-7-13-16-10(14-15-11(16)18)8-4-1-2-5-9(8)17/h1-2,4-5,13,17H,3,7H2,(H,15,18). The smallest absolute Gasteiger partial charge is 0.214 e. The predicted molar refractivity (Wildman–Crippen MR) is 69.0 cm³/mol. The number of rotatable bonds is 4. The molecule has 1 aromatic carbocycles. The zero-order chi connectivity index (χ0) is 13.0. The Morgan fingerprint density at radius 3 is 3.00 bits per heavy atom. The highest BCUT2D eigenvalue weighted by Gasteiger charge is 2.11. The lowest BCUT2D eigenvalue weighted by Crippen LogP contribution is -2.17. The Bertz CT molecular complexity index is 639. The summed E-state index contributed by atoms with van der Waals surface area (Å²) in [6.07, 6.45) is 0.354. The van der Waals surface area contributed by atoms with E-state index >= 15 is 0 Å². The summed E-state index contributed by atoms with van der Waals surface area (Å²) in [5.74, 6) is 0.603. The van der Waals surface area contributed by atoms with Crippen molar-refractivity contribution in [2.45, 2.75) is 6.42 Å². The monoisotopic (exact) mass is 261 g/mol. The summed E-state index contributed by atoms with van der Waals surface area (Å²) in [6, 6.07) is 8.87. The minimum Gasteiger partial charge on any atom is -0.507 e. The third-order valence-electron chi connectivity index (χ3n) is 2.32. The number of aromatic nitrogens is 3. The van der Waals surface area contributed by atoms with Gasteiger partial charge in [-0.15, -0.1) is 0 Å². The van der Waals surface area contributed by atoms with Crippen molar-refractivity contribution >= 4 is 12.2 Å². The lowest BCUT2D eigenvalue weighted by atomic mass is 10.2. The van der Waals surface area contributed by atoms with Crippen molar-refractivity contribution in [3.05, 3.63) is 29.0 Å². The van der Waals surface area contributed by atoms with E-state index in [1.807, 2.05) is 6.07 Å². The number of hydrogen-bond acceptors (Lipinski definition) is 5. The number of para-hydroxylation sites is 1. The van der Waals surface area contributed by atoms with Crippen LogP contribution in [0.25, 0.3) is 11.4 Å². The van der Waals surface area contributed by atoms with E-state index in [-0.39, 0.29) is 5.75 Å². The van der Waals surface area contributed by atoms with Crippen LogP contribution >= 0.6 is 12.2 Å². The van der Waals surface area contributed by atoms with Gasteiger partial charge in [-0.2, -0.15) is 10.4 Å². The SMILES string of the molecule is N#CCCNn1c(-c2ccccc2O)n[nH]c1=S. The van der Waals surface area contributed by atoms with Gasteiger partial charge in [0.25, 0.3) is 0 Å². The maximum atomic E-state index is 9.79. The highest BCUT2D eigenvalue weighted by molar-refractivity contribution is 7.71. The van der Waals surface area contributed by atoms with Gasteiger partial charge in [0.05, 0.1) is 18.1 Å². The van der Waals surface area contributed by atoms with Gasteiger partial charge in [-0.05, 0) is 24.4 Å². The molecule has 1 aromatic heterocycles. The molecule has 0 bridgehead atoms. The van der Waals surface area contributed by atoms with Gasteiger partial charge in [-0.25, -0.2) is 9.77 Å². The minimum absolute atomic E-state index is 0.120. The molecule has 0 amide bonds. The quantitative estimate of drug-likeness (QED) is 0.576. The van der Waals surface area contributed by atoms with E-state index < -0.39 is 0 Å². The molecule has 3 N–H and O–H groups in total. The lowest BCUT2D eigenvalue weighted by molar-refractivity contribution is 0.476. The van der Waals surface area contributed by atoms with Crippen LogP contribution in [0.4, 0.5) is 0 Å². The van der Waals surface area contributed by atoms with E-state index in [0.717, 1.165) is 0 Å². The summed E-state index contributed by atoms with van der Waals surface area (Å²) in [5, 5.41) is 25.0. The topological polar surface area (TPSA) is 89.7 Å². The third kappa shape index (κ3) is 2.33. The fraction of sp³-hybridized carbons (Fsp3) is 0.182. The fourth-order valence-electron chi connectivity index (χ4n) is 1.51. The van der Waals surface area contributed by atoms with Crippen LogP contribution in [0.15, 0.2) is 24.3 Å². The molecule has 0 fully saturated rings. The molecule has 0 atom stereocenters. The summed E-state index contributed by atoms with van der Waals surface area (Å²) in [5.41, 5.74) is 3.54. The second-order valence-corrected chi connectivity index (χ2v) is 3.91. The first-order chi connectivity index (χ1) is 8.74. The Kier molecular flexibility index (Phi) is 3.60. The first-order valence-corrected chi connectivity index (χ1v) is 5.71. The number of phenols is 1. The number of phenolic OH excluding ortho intramolecular Hbond substituents is 1. The van der Waals surface area contributed by atoms with E-state index in [4.69, 9.17) is 17.5 Å². The molecule has 2 aromatic rings. The Labute approximate surface area is 108 Å². The predicted octanol–water partition coefficient (Wildman–Crippen LogP) is 1.77.